The zero-order valence-corrected chi connectivity index (χ0v) is 6.54. The van der Waals surface area contributed by atoms with Crippen LogP contribution in [-0.4, -0.2) is 18.0 Å². The molecule has 1 unspecified atom stereocenters. The largest absolute Gasteiger partial charge is 0.400 e. The molecule has 0 aromatic heterocycles. The smallest absolute Gasteiger partial charge is 0.0674 e. The summed E-state index contributed by atoms with van der Waals surface area (Å²) in [5.41, 5.74) is 6.71. The third kappa shape index (κ3) is 1.15. The fourth-order valence-electron chi connectivity index (χ4n) is 1.26. The van der Waals surface area contributed by atoms with Gasteiger partial charge in [0.15, 0.2) is 0 Å². The van der Waals surface area contributed by atoms with E-state index in [2.05, 4.69) is 11.8 Å². The normalized spacial score (nSPS) is 24.8. The van der Waals surface area contributed by atoms with Crippen LogP contribution in [0, 0.1) is 0 Å². The maximum Gasteiger partial charge on any atom is 0.0674 e. The molecule has 0 saturated heterocycles. The van der Waals surface area contributed by atoms with Crippen molar-refractivity contribution in [3.63, 3.8) is 0 Å². The summed E-state index contributed by atoms with van der Waals surface area (Å²) >= 11 is 0. The van der Waals surface area contributed by atoms with Gasteiger partial charge in [0.25, 0.3) is 0 Å². The van der Waals surface area contributed by atoms with Crippen molar-refractivity contribution in [1.82, 2.24) is 4.90 Å². The zero-order valence-electron chi connectivity index (χ0n) is 6.54. The maximum atomic E-state index is 5.75. The van der Waals surface area contributed by atoms with E-state index in [4.69, 9.17) is 5.73 Å². The van der Waals surface area contributed by atoms with Crippen molar-refractivity contribution in [2.45, 2.75) is 19.4 Å². The second-order valence-electron chi connectivity index (χ2n) is 2.60. The Kier molecular flexibility index (Phi) is 2.00. The number of hydrogen-bond acceptors (Lipinski definition) is 2. The Morgan fingerprint density at radius 1 is 1.70 bits per heavy atom. The molecule has 1 aliphatic rings. The SMILES string of the molecule is CCC1C(N)=CC=CN1C. The molecule has 56 valence electrons. The molecule has 2 heteroatoms. The standard InChI is InChI=1S/C8H14N2/c1-3-8-7(9)5-4-6-10(8)2/h4-6,8H,3,9H2,1-2H3. The minimum atomic E-state index is 0.407. The van der Waals surface area contributed by atoms with Crippen molar-refractivity contribution in [2.75, 3.05) is 7.05 Å². The topological polar surface area (TPSA) is 29.3 Å². The van der Waals surface area contributed by atoms with Gasteiger partial charge >= 0.3 is 0 Å². The Morgan fingerprint density at radius 3 is 2.80 bits per heavy atom. The van der Waals surface area contributed by atoms with E-state index in [-0.39, 0.29) is 0 Å². The van der Waals surface area contributed by atoms with Crippen molar-refractivity contribution < 1.29 is 0 Å². The van der Waals surface area contributed by atoms with Crippen LogP contribution in [-0.2, 0) is 0 Å². The number of allylic oxidation sites excluding steroid dienone is 2. The molecule has 2 N–H and O–H groups in total. The minimum absolute atomic E-state index is 0.407. The highest BCUT2D eigenvalue weighted by molar-refractivity contribution is 5.20. The summed E-state index contributed by atoms with van der Waals surface area (Å²) in [6.07, 6.45) is 7.06. The molecular formula is C8H14N2. The average molecular weight is 138 g/mol. The summed E-state index contributed by atoms with van der Waals surface area (Å²) in [4.78, 5) is 2.13. The lowest BCUT2D eigenvalue weighted by molar-refractivity contribution is 0.353. The monoisotopic (exact) mass is 138 g/mol. The number of nitrogens with two attached hydrogens (primary N) is 1. The first kappa shape index (κ1) is 7.19. The fourth-order valence-corrected chi connectivity index (χ4v) is 1.26. The summed E-state index contributed by atoms with van der Waals surface area (Å²) in [7, 11) is 2.05. The molecule has 0 bridgehead atoms. The van der Waals surface area contributed by atoms with Gasteiger partial charge in [0.1, 0.15) is 0 Å². The van der Waals surface area contributed by atoms with Gasteiger partial charge in [0, 0.05) is 12.7 Å². The molecule has 1 aliphatic heterocycles. The van der Waals surface area contributed by atoms with Gasteiger partial charge in [-0.25, -0.2) is 0 Å². The lowest BCUT2D eigenvalue weighted by Crippen LogP contribution is -2.33. The Bertz CT molecular complexity index is 170. The Morgan fingerprint density at radius 2 is 2.40 bits per heavy atom. The van der Waals surface area contributed by atoms with E-state index in [1.807, 2.05) is 25.4 Å². The summed E-state index contributed by atoms with van der Waals surface area (Å²) in [5.74, 6) is 0. The van der Waals surface area contributed by atoms with Crippen LogP contribution in [0.15, 0.2) is 24.0 Å². The molecule has 0 amide bonds. The van der Waals surface area contributed by atoms with E-state index in [1.54, 1.807) is 0 Å². The first-order valence-electron chi connectivity index (χ1n) is 3.61. The number of nitrogens with zero attached hydrogens (tertiary/aromatic N) is 1. The van der Waals surface area contributed by atoms with E-state index >= 15 is 0 Å². The van der Waals surface area contributed by atoms with Crippen molar-refractivity contribution >= 4 is 0 Å². The van der Waals surface area contributed by atoms with E-state index in [1.165, 1.54) is 0 Å². The van der Waals surface area contributed by atoms with E-state index in [0.29, 0.717) is 6.04 Å². The number of hydrogen-bond donors (Lipinski definition) is 1. The molecule has 0 aromatic rings. The highest BCUT2D eigenvalue weighted by Gasteiger charge is 2.13. The van der Waals surface area contributed by atoms with Crippen molar-refractivity contribution in [2.24, 2.45) is 5.73 Å². The predicted molar refractivity (Wildman–Crippen MR) is 43.3 cm³/mol. The molecule has 2 nitrogen and oxygen atoms in total. The van der Waals surface area contributed by atoms with Crippen LogP contribution in [0.4, 0.5) is 0 Å². The second kappa shape index (κ2) is 2.78. The quantitative estimate of drug-likeness (QED) is 0.587. The first-order valence-corrected chi connectivity index (χ1v) is 3.61. The molecule has 0 saturated carbocycles. The average Bonchev–Trinajstić information content (AvgIpc) is 1.88. The van der Waals surface area contributed by atoms with E-state index < -0.39 is 0 Å². The van der Waals surface area contributed by atoms with Gasteiger partial charge in [0.2, 0.25) is 0 Å². The van der Waals surface area contributed by atoms with Gasteiger partial charge in [-0.05, 0) is 24.8 Å². The summed E-state index contributed by atoms with van der Waals surface area (Å²) < 4.78 is 0. The van der Waals surface area contributed by atoms with Crippen LogP contribution in [0.25, 0.3) is 0 Å². The van der Waals surface area contributed by atoms with E-state index in [9.17, 15) is 0 Å². The summed E-state index contributed by atoms with van der Waals surface area (Å²) in [6, 6.07) is 0.407. The zero-order chi connectivity index (χ0) is 7.56. The molecule has 0 radical (unpaired) electrons. The van der Waals surface area contributed by atoms with Gasteiger partial charge in [-0.2, -0.15) is 0 Å². The summed E-state index contributed by atoms with van der Waals surface area (Å²) in [6.45, 7) is 2.14. The van der Waals surface area contributed by atoms with Crippen LogP contribution in [0.3, 0.4) is 0 Å². The molecule has 0 aromatic carbocycles. The molecule has 1 atom stereocenters. The predicted octanol–water partition coefficient (Wildman–Crippen LogP) is 1.07. The highest BCUT2D eigenvalue weighted by atomic mass is 15.1. The molecule has 0 aliphatic carbocycles. The number of likely N-dealkylation sites (N-methyl/N-ethyl adjacent to an activating group) is 1. The van der Waals surface area contributed by atoms with Crippen molar-refractivity contribution in [3.8, 4) is 0 Å². The minimum Gasteiger partial charge on any atom is -0.400 e. The van der Waals surface area contributed by atoms with Crippen molar-refractivity contribution in [3.05, 3.63) is 24.0 Å². The molecule has 1 heterocycles. The van der Waals surface area contributed by atoms with E-state index in [0.717, 1.165) is 12.1 Å². The third-order valence-corrected chi connectivity index (χ3v) is 1.87. The highest BCUT2D eigenvalue weighted by Crippen LogP contribution is 2.12. The van der Waals surface area contributed by atoms with Crippen LogP contribution in [0.1, 0.15) is 13.3 Å². The summed E-state index contributed by atoms with van der Waals surface area (Å²) in [5, 5.41) is 0. The van der Waals surface area contributed by atoms with Gasteiger partial charge in [-0.15, -0.1) is 0 Å². The molecule has 0 spiro atoms. The fraction of sp³-hybridized carbons (Fsp3) is 0.500. The van der Waals surface area contributed by atoms with Crippen LogP contribution >= 0.6 is 0 Å². The molecule has 0 fully saturated rings. The molecular weight excluding hydrogens is 124 g/mol. The molecule has 10 heavy (non-hydrogen) atoms. The second-order valence-corrected chi connectivity index (χ2v) is 2.60. The van der Waals surface area contributed by atoms with Crippen LogP contribution in [0.2, 0.25) is 0 Å². The van der Waals surface area contributed by atoms with Crippen LogP contribution in [0.5, 0.6) is 0 Å². The van der Waals surface area contributed by atoms with Gasteiger partial charge in [-0.1, -0.05) is 6.92 Å². The van der Waals surface area contributed by atoms with Crippen LogP contribution < -0.4 is 5.73 Å². The van der Waals surface area contributed by atoms with Gasteiger partial charge in [-0.3, -0.25) is 0 Å². The first-order chi connectivity index (χ1) is 4.75. The Labute approximate surface area is 62.0 Å². The number of rotatable bonds is 1. The van der Waals surface area contributed by atoms with Gasteiger partial charge in [0.05, 0.1) is 6.04 Å². The Balaban J connectivity index is 2.71. The molecule has 1 rings (SSSR count). The Hall–Kier alpha value is -0.920. The maximum absolute atomic E-state index is 5.75. The lowest BCUT2D eigenvalue weighted by Gasteiger charge is -2.28. The lowest BCUT2D eigenvalue weighted by atomic mass is 10.1. The third-order valence-electron chi connectivity index (χ3n) is 1.87. The van der Waals surface area contributed by atoms with Crippen molar-refractivity contribution in [1.29, 1.82) is 0 Å². The van der Waals surface area contributed by atoms with Gasteiger partial charge < -0.3 is 10.6 Å².